The first kappa shape index (κ1) is 18.0. The zero-order chi connectivity index (χ0) is 17.0. The van der Waals surface area contributed by atoms with Crippen molar-refractivity contribution in [3.05, 3.63) is 35.4 Å². The van der Waals surface area contributed by atoms with E-state index in [0.717, 1.165) is 12.1 Å². The molecule has 1 amide bonds. The lowest BCUT2D eigenvalue weighted by molar-refractivity contribution is -0.137. The minimum Gasteiger partial charge on any atom is -0.444 e. The fourth-order valence-electron chi connectivity index (χ4n) is 1.76. The van der Waals surface area contributed by atoms with Crippen LogP contribution in [0.3, 0.4) is 0 Å². The highest BCUT2D eigenvalue weighted by molar-refractivity contribution is 5.69. The van der Waals surface area contributed by atoms with Gasteiger partial charge in [-0.3, -0.25) is 0 Å². The molecule has 0 aromatic heterocycles. The number of ether oxygens (including phenoxy) is 1. The highest BCUT2D eigenvalue weighted by Crippen LogP contribution is 2.31. The van der Waals surface area contributed by atoms with Crippen molar-refractivity contribution in [3.63, 3.8) is 0 Å². The highest BCUT2D eigenvalue weighted by Gasteiger charge is 2.31. The lowest BCUT2D eigenvalue weighted by Crippen LogP contribution is -2.35. The number of nitrogens with one attached hydrogen (secondary N) is 1. The molecule has 1 aromatic carbocycles. The minimum atomic E-state index is -4.49. The molecular formula is C15H18F3NO3. The second-order valence-corrected chi connectivity index (χ2v) is 5.72. The van der Waals surface area contributed by atoms with Crippen molar-refractivity contribution >= 4 is 12.4 Å². The Kier molecular flexibility index (Phi) is 5.57. The minimum absolute atomic E-state index is 0.152. The number of alkyl carbamates (subject to hydrolysis) is 1. The van der Waals surface area contributed by atoms with Crippen molar-refractivity contribution in [1.29, 1.82) is 0 Å². The van der Waals surface area contributed by atoms with Crippen molar-refractivity contribution in [3.8, 4) is 0 Å². The van der Waals surface area contributed by atoms with E-state index in [2.05, 4.69) is 5.32 Å². The Morgan fingerprint density at radius 3 is 2.45 bits per heavy atom. The number of amides is 1. The van der Waals surface area contributed by atoms with Crippen LogP contribution in [0.15, 0.2) is 24.3 Å². The number of benzene rings is 1. The van der Waals surface area contributed by atoms with Gasteiger partial charge in [-0.2, -0.15) is 13.2 Å². The van der Waals surface area contributed by atoms with Crippen molar-refractivity contribution in [2.24, 2.45) is 0 Å². The van der Waals surface area contributed by atoms with Gasteiger partial charge in [-0.05, 0) is 38.5 Å². The maximum atomic E-state index is 12.7. The number of carbonyl (C=O) groups excluding carboxylic acids is 2. The first-order valence-corrected chi connectivity index (χ1v) is 6.63. The van der Waals surface area contributed by atoms with Crippen LogP contribution in [0, 0.1) is 0 Å². The summed E-state index contributed by atoms with van der Waals surface area (Å²) in [5.74, 6) is 0. The third-order valence-corrected chi connectivity index (χ3v) is 2.64. The van der Waals surface area contributed by atoms with E-state index in [1.165, 1.54) is 12.1 Å². The maximum Gasteiger partial charge on any atom is 0.416 e. The molecule has 1 unspecified atom stereocenters. The van der Waals surface area contributed by atoms with E-state index in [4.69, 9.17) is 4.74 Å². The number of hydrogen-bond donors (Lipinski definition) is 1. The van der Waals surface area contributed by atoms with Crippen molar-refractivity contribution < 1.29 is 27.5 Å². The van der Waals surface area contributed by atoms with E-state index in [1.54, 1.807) is 20.8 Å². The van der Waals surface area contributed by atoms with Crippen LogP contribution in [0.4, 0.5) is 18.0 Å². The van der Waals surface area contributed by atoms with Crippen LogP contribution >= 0.6 is 0 Å². The standard InChI is InChI=1S/C15H18F3NO3/c1-14(2,3)22-13(21)19-12(7-8-20)10-5-4-6-11(9-10)15(16,17)18/h4-6,8-9,12H,7H2,1-3H3,(H,19,21). The van der Waals surface area contributed by atoms with Gasteiger partial charge in [0.05, 0.1) is 11.6 Å². The predicted octanol–water partition coefficient (Wildman–Crippen LogP) is 3.86. The Balaban J connectivity index is 2.96. The van der Waals surface area contributed by atoms with E-state index in [0.29, 0.717) is 6.29 Å². The van der Waals surface area contributed by atoms with E-state index in [1.807, 2.05) is 0 Å². The number of hydrogen-bond acceptors (Lipinski definition) is 3. The van der Waals surface area contributed by atoms with Gasteiger partial charge in [-0.15, -0.1) is 0 Å². The average molecular weight is 317 g/mol. The van der Waals surface area contributed by atoms with Gasteiger partial charge in [-0.25, -0.2) is 4.79 Å². The summed E-state index contributed by atoms with van der Waals surface area (Å²) in [5.41, 5.74) is -1.40. The van der Waals surface area contributed by atoms with E-state index < -0.39 is 29.5 Å². The van der Waals surface area contributed by atoms with Crippen LogP contribution in [-0.4, -0.2) is 18.0 Å². The normalized spacial score (nSPS) is 13.4. The first-order valence-electron chi connectivity index (χ1n) is 6.63. The van der Waals surface area contributed by atoms with Crippen LogP contribution in [0.2, 0.25) is 0 Å². The van der Waals surface area contributed by atoms with Gasteiger partial charge in [0, 0.05) is 6.42 Å². The summed E-state index contributed by atoms with van der Waals surface area (Å²) in [6, 6.07) is 3.60. The van der Waals surface area contributed by atoms with Gasteiger partial charge >= 0.3 is 12.3 Å². The summed E-state index contributed by atoms with van der Waals surface area (Å²) in [6.07, 6.45) is -4.91. The third-order valence-electron chi connectivity index (χ3n) is 2.64. The molecule has 4 nitrogen and oxygen atoms in total. The number of carbonyl (C=O) groups is 2. The molecule has 0 radical (unpaired) electrons. The fourth-order valence-corrected chi connectivity index (χ4v) is 1.76. The number of rotatable bonds is 4. The molecule has 0 bridgehead atoms. The molecule has 0 saturated carbocycles. The second-order valence-electron chi connectivity index (χ2n) is 5.72. The zero-order valence-electron chi connectivity index (χ0n) is 12.5. The largest absolute Gasteiger partial charge is 0.444 e. The monoisotopic (exact) mass is 317 g/mol. The van der Waals surface area contributed by atoms with Crippen LogP contribution in [-0.2, 0) is 15.7 Å². The molecule has 1 rings (SSSR count). The summed E-state index contributed by atoms with van der Waals surface area (Å²) in [5, 5.41) is 2.41. The van der Waals surface area contributed by atoms with Gasteiger partial charge < -0.3 is 14.8 Å². The molecule has 0 fully saturated rings. The maximum absolute atomic E-state index is 12.7. The molecule has 0 aliphatic heterocycles. The Morgan fingerprint density at radius 1 is 1.32 bits per heavy atom. The topological polar surface area (TPSA) is 55.4 Å². The summed E-state index contributed by atoms with van der Waals surface area (Å²) >= 11 is 0. The predicted molar refractivity (Wildman–Crippen MR) is 74.2 cm³/mol. The van der Waals surface area contributed by atoms with Gasteiger partial charge in [0.2, 0.25) is 0 Å². The molecule has 0 aliphatic carbocycles. The zero-order valence-corrected chi connectivity index (χ0v) is 12.5. The average Bonchev–Trinajstić information content (AvgIpc) is 2.35. The Bertz CT molecular complexity index is 536. The number of aldehydes is 1. The summed E-state index contributed by atoms with van der Waals surface area (Å²) in [4.78, 5) is 22.5. The van der Waals surface area contributed by atoms with Crippen LogP contribution < -0.4 is 5.32 Å². The molecule has 0 heterocycles. The Labute approximate surface area is 126 Å². The van der Waals surface area contributed by atoms with Crippen molar-refractivity contribution in [2.45, 2.75) is 45.0 Å². The molecular weight excluding hydrogens is 299 g/mol. The van der Waals surface area contributed by atoms with E-state index in [9.17, 15) is 22.8 Å². The lowest BCUT2D eigenvalue weighted by atomic mass is 10.0. The molecule has 122 valence electrons. The lowest BCUT2D eigenvalue weighted by Gasteiger charge is -2.23. The molecule has 0 aliphatic rings. The number of alkyl halides is 3. The van der Waals surface area contributed by atoms with Crippen LogP contribution in [0.5, 0.6) is 0 Å². The molecule has 1 atom stereocenters. The molecule has 0 spiro atoms. The summed E-state index contributed by atoms with van der Waals surface area (Å²) < 4.78 is 43.2. The van der Waals surface area contributed by atoms with E-state index >= 15 is 0 Å². The van der Waals surface area contributed by atoms with Crippen molar-refractivity contribution in [2.75, 3.05) is 0 Å². The van der Waals surface area contributed by atoms with E-state index in [-0.39, 0.29) is 12.0 Å². The Morgan fingerprint density at radius 2 is 1.95 bits per heavy atom. The first-order chi connectivity index (χ1) is 10.0. The fraction of sp³-hybridized carbons (Fsp3) is 0.467. The van der Waals surface area contributed by atoms with Crippen molar-refractivity contribution in [1.82, 2.24) is 5.32 Å². The highest BCUT2D eigenvalue weighted by atomic mass is 19.4. The molecule has 0 saturated heterocycles. The molecule has 7 heteroatoms. The summed E-state index contributed by atoms with van der Waals surface area (Å²) in [6.45, 7) is 4.97. The van der Waals surface area contributed by atoms with Gasteiger partial charge in [0.25, 0.3) is 0 Å². The second kappa shape index (κ2) is 6.81. The Hall–Kier alpha value is -2.05. The summed E-state index contributed by atoms with van der Waals surface area (Å²) in [7, 11) is 0. The van der Waals surface area contributed by atoms with Crippen LogP contribution in [0.25, 0.3) is 0 Å². The van der Waals surface area contributed by atoms with Crippen LogP contribution in [0.1, 0.15) is 44.4 Å². The quantitative estimate of drug-likeness (QED) is 0.858. The number of halogens is 3. The molecule has 22 heavy (non-hydrogen) atoms. The molecule has 1 N–H and O–H groups in total. The smallest absolute Gasteiger partial charge is 0.416 e. The molecule has 1 aromatic rings. The van der Waals surface area contributed by atoms with Gasteiger partial charge in [-0.1, -0.05) is 12.1 Å². The third kappa shape index (κ3) is 5.75. The SMILES string of the molecule is CC(C)(C)OC(=O)NC(CC=O)c1cccc(C(F)(F)F)c1. The van der Waals surface area contributed by atoms with Gasteiger partial charge in [0.15, 0.2) is 0 Å². The van der Waals surface area contributed by atoms with Gasteiger partial charge in [0.1, 0.15) is 11.9 Å².